The number of hydrogen-bond donors (Lipinski definition) is 2. The number of rotatable bonds is 5. The third-order valence-corrected chi connectivity index (χ3v) is 2.88. The molecular weight excluding hydrogens is 200 g/mol. The van der Waals surface area contributed by atoms with E-state index < -0.39 is 18.0 Å². The van der Waals surface area contributed by atoms with Crippen molar-refractivity contribution in [1.82, 2.24) is 0 Å². The first-order valence-electron chi connectivity index (χ1n) is 4.59. The molecule has 2 unspecified atom stereocenters. The van der Waals surface area contributed by atoms with Crippen molar-refractivity contribution in [3.05, 3.63) is 22.4 Å². The second-order valence-electron chi connectivity index (χ2n) is 3.23. The van der Waals surface area contributed by atoms with Crippen molar-refractivity contribution in [3.63, 3.8) is 0 Å². The van der Waals surface area contributed by atoms with Gasteiger partial charge in [-0.1, -0.05) is 13.3 Å². The maximum Gasteiger partial charge on any atom is 0.309 e. The monoisotopic (exact) mass is 214 g/mol. The lowest BCUT2D eigenvalue weighted by Gasteiger charge is -2.17. The summed E-state index contributed by atoms with van der Waals surface area (Å²) in [5, 5.41) is 22.3. The van der Waals surface area contributed by atoms with Gasteiger partial charge in [-0.2, -0.15) is 11.3 Å². The quantitative estimate of drug-likeness (QED) is 0.790. The van der Waals surface area contributed by atoms with Crippen molar-refractivity contribution < 1.29 is 15.0 Å². The second kappa shape index (κ2) is 5.12. The Morgan fingerprint density at radius 1 is 1.64 bits per heavy atom. The van der Waals surface area contributed by atoms with Crippen LogP contribution in [0.4, 0.5) is 0 Å². The van der Waals surface area contributed by atoms with E-state index in [9.17, 15) is 9.90 Å². The minimum absolute atomic E-state index is 0.506. The van der Waals surface area contributed by atoms with Crippen LogP contribution in [0.2, 0.25) is 0 Å². The third-order valence-electron chi connectivity index (χ3n) is 2.18. The molecule has 1 aromatic rings. The van der Waals surface area contributed by atoms with Crippen LogP contribution in [0.15, 0.2) is 16.8 Å². The molecule has 1 aromatic heterocycles. The average molecular weight is 214 g/mol. The molecule has 0 saturated heterocycles. The van der Waals surface area contributed by atoms with E-state index in [2.05, 4.69) is 0 Å². The molecule has 0 radical (unpaired) electrons. The summed E-state index contributed by atoms with van der Waals surface area (Å²) >= 11 is 1.46. The molecule has 78 valence electrons. The normalized spacial score (nSPS) is 15.0. The van der Waals surface area contributed by atoms with Gasteiger partial charge in [-0.05, 0) is 28.8 Å². The number of hydrogen-bond acceptors (Lipinski definition) is 3. The first-order valence-corrected chi connectivity index (χ1v) is 5.54. The van der Waals surface area contributed by atoms with E-state index >= 15 is 0 Å². The second-order valence-corrected chi connectivity index (χ2v) is 4.01. The Labute approximate surface area is 87.0 Å². The van der Waals surface area contributed by atoms with Crippen molar-refractivity contribution in [1.29, 1.82) is 0 Å². The van der Waals surface area contributed by atoms with E-state index in [1.807, 2.05) is 12.3 Å². The lowest BCUT2D eigenvalue weighted by atomic mass is 9.93. The molecule has 3 nitrogen and oxygen atoms in total. The summed E-state index contributed by atoms with van der Waals surface area (Å²) in [7, 11) is 0. The van der Waals surface area contributed by atoms with Crippen LogP contribution in [0.25, 0.3) is 0 Å². The molecule has 0 bridgehead atoms. The number of carbonyl (C=O) groups is 1. The number of aliphatic hydroxyl groups is 1. The van der Waals surface area contributed by atoms with Gasteiger partial charge >= 0.3 is 5.97 Å². The van der Waals surface area contributed by atoms with Crippen LogP contribution in [0.5, 0.6) is 0 Å². The number of aliphatic hydroxyl groups excluding tert-OH is 1. The van der Waals surface area contributed by atoms with Gasteiger partial charge in [-0.25, -0.2) is 0 Å². The number of carboxylic acid groups (broad SMARTS) is 1. The molecule has 14 heavy (non-hydrogen) atoms. The van der Waals surface area contributed by atoms with E-state index in [1.54, 1.807) is 11.4 Å². The van der Waals surface area contributed by atoms with Gasteiger partial charge in [0.2, 0.25) is 0 Å². The fourth-order valence-electron chi connectivity index (χ4n) is 1.40. The van der Waals surface area contributed by atoms with Gasteiger partial charge in [0.05, 0.1) is 12.0 Å². The molecule has 0 aliphatic rings. The molecule has 2 atom stereocenters. The van der Waals surface area contributed by atoms with Crippen LogP contribution in [0, 0.1) is 5.92 Å². The van der Waals surface area contributed by atoms with Crippen molar-refractivity contribution in [3.8, 4) is 0 Å². The maximum absolute atomic E-state index is 10.9. The highest BCUT2D eigenvalue weighted by atomic mass is 32.1. The van der Waals surface area contributed by atoms with E-state index in [0.29, 0.717) is 12.0 Å². The zero-order valence-electron chi connectivity index (χ0n) is 8.01. The van der Waals surface area contributed by atoms with Gasteiger partial charge in [0, 0.05) is 0 Å². The summed E-state index contributed by atoms with van der Waals surface area (Å²) in [4.78, 5) is 10.9. The first-order chi connectivity index (χ1) is 6.66. The Morgan fingerprint density at radius 3 is 2.79 bits per heavy atom. The van der Waals surface area contributed by atoms with Crippen molar-refractivity contribution in [2.45, 2.75) is 25.9 Å². The Balaban J connectivity index is 2.73. The van der Waals surface area contributed by atoms with Crippen LogP contribution in [-0.4, -0.2) is 16.2 Å². The van der Waals surface area contributed by atoms with E-state index in [4.69, 9.17) is 5.11 Å². The molecule has 0 aliphatic carbocycles. The predicted octanol–water partition coefficient (Wildman–Crippen LogP) is 2.28. The summed E-state index contributed by atoms with van der Waals surface area (Å²) < 4.78 is 0. The van der Waals surface area contributed by atoms with Crippen molar-refractivity contribution in [2.75, 3.05) is 0 Å². The molecular formula is C10H14O3S. The van der Waals surface area contributed by atoms with E-state index in [1.165, 1.54) is 11.3 Å². The van der Waals surface area contributed by atoms with Gasteiger partial charge in [-0.3, -0.25) is 4.79 Å². The highest BCUT2D eigenvalue weighted by Crippen LogP contribution is 2.27. The molecule has 2 N–H and O–H groups in total. The Bertz CT molecular complexity index is 282. The number of aliphatic carboxylic acids is 1. The maximum atomic E-state index is 10.9. The topological polar surface area (TPSA) is 57.5 Å². The summed E-state index contributed by atoms with van der Waals surface area (Å²) in [5.41, 5.74) is 0.704. The largest absolute Gasteiger partial charge is 0.481 e. The number of carboxylic acids is 1. The zero-order chi connectivity index (χ0) is 10.6. The Morgan fingerprint density at radius 2 is 2.36 bits per heavy atom. The van der Waals surface area contributed by atoms with Crippen molar-refractivity contribution >= 4 is 17.3 Å². The highest BCUT2D eigenvalue weighted by molar-refractivity contribution is 7.07. The van der Waals surface area contributed by atoms with Crippen LogP contribution < -0.4 is 0 Å². The Hall–Kier alpha value is -0.870. The average Bonchev–Trinajstić information content (AvgIpc) is 2.65. The van der Waals surface area contributed by atoms with Crippen LogP contribution in [-0.2, 0) is 4.79 Å². The highest BCUT2D eigenvalue weighted by Gasteiger charge is 2.26. The molecule has 0 spiro atoms. The molecule has 4 heteroatoms. The molecule has 1 heterocycles. The van der Waals surface area contributed by atoms with Crippen LogP contribution >= 0.6 is 11.3 Å². The standard InChI is InChI=1S/C10H14O3S/c1-2-3-8(10(12)13)9(11)7-4-5-14-6-7/h4-6,8-9,11H,2-3H2,1H3,(H,12,13). The van der Waals surface area contributed by atoms with Gasteiger partial charge in [0.25, 0.3) is 0 Å². The minimum atomic E-state index is -0.925. The van der Waals surface area contributed by atoms with Crippen molar-refractivity contribution in [2.24, 2.45) is 5.92 Å². The molecule has 1 rings (SSSR count). The van der Waals surface area contributed by atoms with Gasteiger partial charge in [0.1, 0.15) is 0 Å². The fourth-order valence-corrected chi connectivity index (χ4v) is 2.09. The minimum Gasteiger partial charge on any atom is -0.481 e. The summed E-state index contributed by atoms with van der Waals surface area (Å²) in [6.07, 6.45) is 0.392. The van der Waals surface area contributed by atoms with Crippen LogP contribution in [0.3, 0.4) is 0 Å². The van der Waals surface area contributed by atoms with Crippen LogP contribution in [0.1, 0.15) is 31.4 Å². The third kappa shape index (κ3) is 2.56. The van der Waals surface area contributed by atoms with Gasteiger partial charge < -0.3 is 10.2 Å². The summed E-state index contributed by atoms with van der Waals surface area (Å²) in [6, 6.07) is 1.76. The molecule has 0 saturated carbocycles. The molecule has 0 amide bonds. The fraction of sp³-hybridized carbons (Fsp3) is 0.500. The predicted molar refractivity (Wildman–Crippen MR) is 55.3 cm³/mol. The summed E-state index contributed by atoms with van der Waals surface area (Å²) in [5.74, 6) is -1.61. The number of thiophene rings is 1. The lowest BCUT2D eigenvalue weighted by Crippen LogP contribution is -2.21. The van der Waals surface area contributed by atoms with E-state index in [-0.39, 0.29) is 0 Å². The zero-order valence-corrected chi connectivity index (χ0v) is 8.83. The summed E-state index contributed by atoms with van der Waals surface area (Å²) in [6.45, 7) is 1.91. The SMILES string of the molecule is CCCC(C(=O)O)C(O)c1ccsc1. The first kappa shape index (κ1) is 11.2. The van der Waals surface area contributed by atoms with Gasteiger partial charge in [0.15, 0.2) is 0 Å². The van der Waals surface area contributed by atoms with E-state index in [0.717, 1.165) is 6.42 Å². The smallest absolute Gasteiger partial charge is 0.309 e. The lowest BCUT2D eigenvalue weighted by molar-refractivity contribution is -0.146. The molecule has 0 aliphatic heterocycles. The molecule has 0 fully saturated rings. The molecule has 0 aromatic carbocycles. The Kier molecular flexibility index (Phi) is 4.10. The van der Waals surface area contributed by atoms with Gasteiger partial charge in [-0.15, -0.1) is 0 Å².